The highest BCUT2D eigenvalue weighted by Crippen LogP contribution is 2.25. The fourth-order valence-corrected chi connectivity index (χ4v) is 3.39. The molecule has 1 aromatic rings. The van der Waals surface area contributed by atoms with Crippen molar-refractivity contribution in [3.8, 4) is 0 Å². The van der Waals surface area contributed by atoms with E-state index in [4.69, 9.17) is 0 Å². The number of hydrogen-bond acceptors (Lipinski definition) is 4. The summed E-state index contributed by atoms with van der Waals surface area (Å²) in [4.78, 5) is 16.3. The molecule has 0 aromatic carbocycles. The number of pyridine rings is 1. The van der Waals surface area contributed by atoms with Gasteiger partial charge in [0.2, 0.25) is 5.91 Å². The molecule has 1 saturated carbocycles. The highest BCUT2D eigenvalue weighted by molar-refractivity contribution is 5.92. The van der Waals surface area contributed by atoms with Crippen molar-refractivity contribution in [2.45, 2.75) is 77.2 Å². The van der Waals surface area contributed by atoms with Crippen LogP contribution in [0.1, 0.15) is 71.1 Å². The van der Waals surface area contributed by atoms with Gasteiger partial charge in [0.15, 0.2) is 0 Å². The van der Waals surface area contributed by atoms with Crippen LogP contribution < -0.4 is 16.2 Å². The van der Waals surface area contributed by atoms with Gasteiger partial charge >= 0.3 is 0 Å². The summed E-state index contributed by atoms with van der Waals surface area (Å²) in [7, 11) is 0. The predicted octanol–water partition coefficient (Wildman–Crippen LogP) is 4.88. The Kier molecular flexibility index (Phi) is 15.6. The number of carbonyl (C=O) groups excluding carboxylic acids is 1. The van der Waals surface area contributed by atoms with Gasteiger partial charge in [-0.05, 0) is 44.2 Å². The van der Waals surface area contributed by atoms with E-state index in [1.807, 2.05) is 12.1 Å². The Morgan fingerprint density at radius 2 is 1.63 bits per heavy atom. The second-order valence-corrected chi connectivity index (χ2v) is 7.11. The molecular formula is C20H36Cl2N4O. The zero-order valence-corrected chi connectivity index (χ0v) is 18.0. The van der Waals surface area contributed by atoms with E-state index in [0.29, 0.717) is 6.04 Å². The average molecular weight is 419 g/mol. The monoisotopic (exact) mass is 418 g/mol. The minimum atomic E-state index is 0. The number of carbonyl (C=O) groups is 1. The first-order chi connectivity index (χ1) is 12.3. The van der Waals surface area contributed by atoms with Gasteiger partial charge in [0, 0.05) is 36.6 Å². The molecule has 0 aliphatic heterocycles. The van der Waals surface area contributed by atoms with E-state index in [1.165, 1.54) is 38.5 Å². The van der Waals surface area contributed by atoms with Gasteiger partial charge < -0.3 is 5.32 Å². The molecule has 0 bridgehead atoms. The summed E-state index contributed by atoms with van der Waals surface area (Å²) in [5, 5.41) is 2.99. The van der Waals surface area contributed by atoms with Crippen LogP contribution in [0.4, 0.5) is 5.69 Å². The van der Waals surface area contributed by atoms with Crippen LogP contribution in [0.25, 0.3) is 0 Å². The van der Waals surface area contributed by atoms with Crippen LogP contribution in [0, 0.1) is 5.92 Å². The molecule has 27 heavy (non-hydrogen) atoms. The standard InChI is InChI=1S/C20H34N4O.2ClH/c1-2-3-4-5-6-7-14-22-24-19-10-8-17(9-11-19)20(25)23-18-12-15-21-16-13-18;;/h12-13,15-17,19,22,24H,2-11,14H2,1H3,(H,21,23,25);2*1H. The molecule has 2 rings (SSSR count). The average Bonchev–Trinajstić information content (AvgIpc) is 2.65. The summed E-state index contributed by atoms with van der Waals surface area (Å²) in [5.74, 6) is 0.273. The summed E-state index contributed by atoms with van der Waals surface area (Å²) in [6.45, 7) is 3.29. The lowest BCUT2D eigenvalue weighted by Crippen LogP contribution is -2.44. The quantitative estimate of drug-likeness (QED) is 0.353. The van der Waals surface area contributed by atoms with Crippen molar-refractivity contribution in [1.29, 1.82) is 0 Å². The van der Waals surface area contributed by atoms with Crippen LogP contribution >= 0.6 is 24.8 Å². The SMILES string of the molecule is CCCCCCCCNNC1CCC(C(=O)Nc2ccncc2)CC1.Cl.Cl. The number of anilines is 1. The lowest BCUT2D eigenvalue weighted by Gasteiger charge is -2.28. The smallest absolute Gasteiger partial charge is 0.227 e. The normalized spacial score (nSPS) is 18.9. The Morgan fingerprint density at radius 1 is 1.00 bits per heavy atom. The van der Waals surface area contributed by atoms with Gasteiger partial charge in [-0.25, -0.2) is 0 Å². The van der Waals surface area contributed by atoms with Gasteiger partial charge in [-0.1, -0.05) is 39.0 Å². The van der Waals surface area contributed by atoms with Crippen LogP contribution in [0.3, 0.4) is 0 Å². The molecule has 5 nitrogen and oxygen atoms in total. The molecule has 1 fully saturated rings. The number of unbranched alkanes of at least 4 members (excludes halogenated alkanes) is 5. The number of aromatic nitrogens is 1. The third-order valence-corrected chi connectivity index (χ3v) is 5.01. The second-order valence-electron chi connectivity index (χ2n) is 7.11. The van der Waals surface area contributed by atoms with Crippen LogP contribution in [0.2, 0.25) is 0 Å². The Balaban J connectivity index is 0.00000338. The lowest BCUT2D eigenvalue weighted by molar-refractivity contribution is -0.120. The summed E-state index contributed by atoms with van der Waals surface area (Å²) in [6, 6.07) is 4.15. The van der Waals surface area contributed by atoms with Crippen molar-refractivity contribution in [2.75, 3.05) is 11.9 Å². The molecule has 3 N–H and O–H groups in total. The molecule has 156 valence electrons. The van der Waals surface area contributed by atoms with Gasteiger partial charge in [0.1, 0.15) is 0 Å². The van der Waals surface area contributed by atoms with Gasteiger partial charge in [-0.2, -0.15) is 0 Å². The van der Waals surface area contributed by atoms with E-state index < -0.39 is 0 Å². The number of nitrogens with zero attached hydrogens (tertiary/aromatic N) is 1. The molecule has 1 amide bonds. The Morgan fingerprint density at radius 3 is 2.30 bits per heavy atom. The van der Waals surface area contributed by atoms with Crippen molar-refractivity contribution >= 4 is 36.4 Å². The van der Waals surface area contributed by atoms with Gasteiger partial charge in [-0.15, -0.1) is 24.8 Å². The van der Waals surface area contributed by atoms with E-state index in [1.54, 1.807) is 12.4 Å². The Bertz CT molecular complexity index is 482. The Hall–Kier alpha value is -0.880. The van der Waals surface area contributed by atoms with Crippen molar-refractivity contribution in [2.24, 2.45) is 5.92 Å². The van der Waals surface area contributed by atoms with Gasteiger partial charge in [0.25, 0.3) is 0 Å². The highest BCUT2D eigenvalue weighted by Gasteiger charge is 2.26. The van der Waals surface area contributed by atoms with Crippen LogP contribution in [0.15, 0.2) is 24.5 Å². The van der Waals surface area contributed by atoms with Crippen molar-refractivity contribution in [3.63, 3.8) is 0 Å². The third kappa shape index (κ3) is 10.9. The van der Waals surface area contributed by atoms with Crippen molar-refractivity contribution < 1.29 is 4.79 Å². The predicted molar refractivity (Wildman–Crippen MR) is 118 cm³/mol. The number of hydrogen-bond donors (Lipinski definition) is 3. The molecule has 1 aliphatic rings. The molecule has 0 unspecified atom stereocenters. The molecule has 1 aliphatic carbocycles. The summed E-state index contributed by atoms with van der Waals surface area (Å²) in [5.41, 5.74) is 7.65. The first kappa shape index (κ1) is 26.1. The number of halogens is 2. The van der Waals surface area contributed by atoms with E-state index in [-0.39, 0.29) is 36.6 Å². The molecule has 1 heterocycles. The van der Waals surface area contributed by atoms with E-state index in [9.17, 15) is 4.79 Å². The van der Waals surface area contributed by atoms with E-state index in [2.05, 4.69) is 28.1 Å². The van der Waals surface area contributed by atoms with Crippen LogP contribution in [0.5, 0.6) is 0 Å². The first-order valence-electron chi connectivity index (χ1n) is 9.99. The summed E-state index contributed by atoms with van der Waals surface area (Å²) >= 11 is 0. The van der Waals surface area contributed by atoms with Crippen LogP contribution in [-0.2, 0) is 4.79 Å². The fourth-order valence-electron chi connectivity index (χ4n) is 3.39. The molecule has 0 spiro atoms. The lowest BCUT2D eigenvalue weighted by atomic mass is 9.85. The second kappa shape index (κ2) is 16.1. The minimum absolute atomic E-state index is 0. The molecule has 0 saturated heterocycles. The maximum Gasteiger partial charge on any atom is 0.227 e. The highest BCUT2D eigenvalue weighted by atomic mass is 35.5. The number of hydrazine groups is 1. The van der Waals surface area contributed by atoms with Gasteiger partial charge in [0.05, 0.1) is 0 Å². The Labute approximate surface area is 176 Å². The zero-order chi connectivity index (χ0) is 17.7. The van der Waals surface area contributed by atoms with Crippen molar-refractivity contribution in [1.82, 2.24) is 15.8 Å². The minimum Gasteiger partial charge on any atom is -0.326 e. The maximum atomic E-state index is 12.3. The summed E-state index contributed by atoms with van der Waals surface area (Å²) < 4.78 is 0. The first-order valence-corrected chi connectivity index (χ1v) is 9.99. The van der Waals surface area contributed by atoms with Crippen LogP contribution in [-0.4, -0.2) is 23.5 Å². The van der Waals surface area contributed by atoms with E-state index >= 15 is 0 Å². The topological polar surface area (TPSA) is 66.0 Å². The molecule has 7 heteroatoms. The maximum absolute atomic E-state index is 12.3. The third-order valence-electron chi connectivity index (χ3n) is 5.01. The van der Waals surface area contributed by atoms with Crippen molar-refractivity contribution in [3.05, 3.63) is 24.5 Å². The molecular weight excluding hydrogens is 383 g/mol. The number of rotatable bonds is 11. The van der Waals surface area contributed by atoms with Gasteiger partial charge in [-0.3, -0.25) is 20.6 Å². The molecule has 0 atom stereocenters. The molecule has 0 radical (unpaired) electrons. The zero-order valence-electron chi connectivity index (χ0n) is 16.4. The largest absolute Gasteiger partial charge is 0.326 e. The number of nitrogens with one attached hydrogen (secondary N) is 3. The number of amides is 1. The van der Waals surface area contributed by atoms with E-state index in [0.717, 1.165) is 37.9 Å². The molecule has 1 aromatic heterocycles. The fraction of sp³-hybridized carbons (Fsp3) is 0.700. The summed E-state index contributed by atoms with van der Waals surface area (Å²) in [6.07, 6.45) is 15.4.